The number of nitrogens with zero attached hydrogens (tertiary/aromatic N) is 2. The lowest BCUT2D eigenvalue weighted by Gasteiger charge is -2.05. The maximum atomic E-state index is 11.2. The molecule has 0 aliphatic heterocycles. The van der Waals surface area contributed by atoms with Gasteiger partial charge in [0, 0.05) is 17.6 Å². The number of nitrogens with two attached hydrogens (primary N) is 1. The highest BCUT2D eigenvalue weighted by molar-refractivity contribution is 7.99. The zero-order valence-electron chi connectivity index (χ0n) is 9.02. The van der Waals surface area contributed by atoms with Gasteiger partial charge in [-0.25, -0.2) is 9.89 Å². The first-order valence-corrected chi connectivity index (χ1v) is 5.55. The van der Waals surface area contributed by atoms with E-state index in [0.29, 0.717) is 10.8 Å². The Kier molecular flexibility index (Phi) is 2.74. The van der Waals surface area contributed by atoms with Crippen LogP contribution in [-0.2, 0) is 7.05 Å². The average molecular weight is 236 g/mol. The molecule has 1 aromatic carbocycles. The summed E-state index contributed by atoms with van der Waals surface area (Å²) >= 11 is 1.37. The fourth-order valence-corrected chi connectivity index (χ4v) is 2.19. The smallest absolute Gasteiger partial charge is 0.343 e. The molecule has 2 rings (SSSR count). The van der Waals surface area contributed by atoms with Crippen LogP contribution < -0.4 is 11.4 Å². The molecule has 16 heavy (non-hydrogen) atoms. The number of aromatic amines is 1. The molecule has 84 valence electrons. The van der Waals surface area contributed by atoms with Crippen LogP contribution in [0.3, 0.4) is 0 Å². The van der Waals surface area contributed by atoms with Crippen LogP contribution in [0.4, 0.5) is 5.69 Å². The number of aryl methyl sites for hydroxylation is 1. The molecular weight excluding hydrogens is 224 g/mol. The van der Waals surface area contributed by atoms with E-state index in [1.807, 2.05) is 25.1 Å². The highest BCUT2D eigenvalue weighted by Crippen LogP contribution is 2.30. The summed E-state index contributed by atoms with van der Waals surface area (Å²) in [5.41, 5.74) is 7.43. The SMILES string of the molecule is Cc1ccc(N)c(Sc2n[nH]c(=O)n2C)c1. The molecule has 0 radical (unpaired) electrons. The summed E-state index contributed by atoms with van der Waals surface area (Å²) in [6.45, 7) is 1.99. The van der Waals surface area contributed by atoms with E-state index >= 15 is 0 Å². The van der Waals surface area contributed by atoms with Crippen LogP contribution in [0.1, 0.15) is 5.56 Å². The van der Waals surface area contributed by atoms with Crippen LogP contribution in [0.15, 0.2) is 33.0 Å². The lowest BCUT2D eigenvalue weighted by Crippen LogP contribution is -2.12. The Hall–Kier alpha value is -1.69. The number of nitrogen functional groups attached to an aromatic ring is 1. The minimum atomic E-state index is -0.228. The molecule has 0 bridgehead atoms. The number of benzene rings is 1. The first kappa shape index (κ1) is 10.8. The molecule has 0 atom stereocenters. The Bertz CT molecular complexity index is 572. The fourth-order valence-electron chi connectivity index (χ4n) is 1.25. The summed E-state index contributed by atoms with van der Waals surface area (Å²) in [7, 11) is 1.67. The number of hydrogen-bond donors (Lipinski definition) is 2. The highest BCUT2D eigenvalue weighted by Gasteiger charge is 2.08. The van der Waals surface area contributed by atoms with Gasteiger partial charge in [0.05, 0.1) is 0 Å². The van der Waals surface area contributed by atoms with Gasteiger partial charge in [-0.15, -0.1) is 5.10 Å². The summed E-state index contributed by atoms with van der Waals surface area (Å²) in [5.74, 6) is 0. The number of H-pyrrole nitrogens is 1. The Morgan fingerprint density at radius 1 is 1.50 bits per heavy atom. The molecule has 0 spiro atoms. The molecule has 0 fully saturated rings. The number of hydrogen-bond acceptors (Lipinski definition) is 4. The monoisotopic (exact) mass is 236 g/mol. The van der Waals surface area contributed by atoms with Gasteiger partial charge in [0.15, 0.2) is 5.16 Å². The minimum Gasteiger partial charge on any atom is -0.398 e. The maximum Gasteiger partial charge on any atom is 0.343 e. The first-order chi connectivity index (χ1) is 7.58. The number of anilines is 1. The van der Waals surface area contributed by atoms with Crippen LogP contribution in [0.5, 0.6) is 0 Å². The fraction of sp³-hybridized carbons (Fsp3) is 0.200. The van der Waals surface area contributed by atoms with E-state index in [2.05, 4.69) is 10.2 Å². The third-order valence-corrected chi connectivity index (χ3v) is 3.33. The van der Waals surface area contributed by atoms with Gasteiger partial charge in [-0.05, 0) is 36.4 Å². The third-order valence-electron chi connectivity index (χ3n) is 2.21. The van der Waals surface area contributed by atoms with Gasteiger partial charge in [0.25, 0.3) is 0 Å². The molecule has 0 unspecified atom stereocenters. The average Bonchev–Trinajstić information content (AvgIpc) is 2.55. The quantitative estimate of drug-likeness (QED) is 0.767. The second kappa shape index (κ2) is 4.05. The van der Waals surface area contributed by atoms with Crippen LogP contribution in [0.2, 0.25) is 0 Å². The largest absolute Gasteiger partial charge is 0.398 e. The second-order valence-electron chi connectivity index (χ2n) is 3.51. The van der Waals surface area contributed by atoms with Crippen molar-refractivity contribution in [3.05, 3.63) is 34.2 Å². The van der Waals surface area contributed by atoms with E-state index in [1.54, 1.807) is 7.05 Å². The van der Waals surface area contributed by atoms with E-state index in [1.165, 1.54) is 16.3 Å². The molecule has 0 saturated carbocycles. The van der Waals surface area contributed by atoms with Crippen LogP contribution >= 0.6 is 11.8 Å². The second-order valence-corrected chi connectivity index (χ2v) is 4.52. The topological polar surface area (TPSA) is 76.7 Å². The van der Waals surface area contributed by atoms with Crippen molar-refractivity contribution in [1.29, 1.82) is 0 Å². The minimum absolute atomic E-state index is 0.228. The summed E-state index contributed by atoms with van der Waals surface area (Å²) < 4.78 is 1.45. The van der Waals surface area contributed by atoms with Crippen LogP contribution in [-0.4, -0.2) is 14.8 Å². The van der Waals surface area contributed by atoms with E-state index < -0.39 is 0 Å². The van der Waals surface area contributed by atoms with Crippen molar-refractivity contribution in [3.8, 4) is 0 Å². The molecule has 1 heterocycles. The van der Waals surface area contributed by atoms with Crippen LogP contribution in [0.25, 0.3) is 0 Å². The number of nitrogens with one attached hydrogen (secondary N) is 1. The maximum absolute atomic E-state index is 11.2. The Morgan fingerprint density at radius 2 is 2.25 bits per heavy atom. The van der Waals surface area contributed by atoms with Gasteiger partial charge in [0.2, 0.25) is 0 Å². The molecule has 6 heteroatoms. The highest BCUT2D eigenvalue weighted by atomic mass is 32.2. The van der Waals surface area contributed by atoms with Crippen molar-refractivity contribution in [2.24, 2.45) is 7.05 Å². The lowest BCUT2D eigenvalue weighted by atomic mass is 10.2. The molecule has 0 saturated heterocycles. The van der Waals surface area contributed by atoms with Crippen molar-refractivity contribution >= 4 is 17.4 Å². The first-order valence-electron chi connectivity index (χ1n) is 4.73. The molecule has 0 aliphatic carbocycles. The van der Waals surface area contributed by atoms with Crippen molar-refractivity contribution in [3.63, 3.8) is 0 Å². The Balaban J connectivity index is 2.37. The summed E-state index contributed by atoms with van der Waals surface area (Å²) in [5, 5.41) is 6.90. The third kappa shape index (κ3) is 1.96. The number of aromatic nitrogens is 3. The van der Waals surface area contributed by atoms with Crippen molar-refractivity contribution < 1.29 is 0 Å². The van der Waals surface area contributed by atoms with Gasteiger partial charge in [-0.3, -0.25) is 4.57 Å². The predicted molar refractivity (Wildman–Crippen MR) is 63.5 cm³/mol. The zero-order valence-corrected chi connectivity index (χ0v) is 9.84. The summed E-state index contributed by atoms with van der Waals surface area (Å²) in [6.07, 6.45) is 0. The lowest BCUT2D eigenvalue weighted by molar-refractivity contribution is 0.766. The Labute approximate surface area is 96.7 Å². The van der Waals surface area contributed by atoms with Gasteiger partial charge in [-0.1, -0.05) is 6.07 Å². The molecule has 0 amide bonds. The van der Waals surface area contributed by atoms with Gasteiger partial charge in [0.1, 0.15) is 0 Å². The van der Waals surface area contributed by atoms with Crippen molar-refractivity contribution in [2.75, 3.05) is 5.73 Å². The summed E-state index contributed by atoms with van der Waals surface area (Å²) in [4.78, 5) is 12.1. The van der Waals surface area contributed by atoms with E-state index in [0.717, 1.165) is 10.5 Å². The van der Waals surface area contributed by atoms with Gasteiger partial charge >= 0.3 is 5.69 Å². The zero-order chi connectivity index (χ0) is 11.7. The standard InChI is InChI=1S/C10H12N4OS/c1-6-3-4-7(11)8(5-6)16-10-13-12-9(15)14(10)2/h3-5H,11H2,1-2H3,(H,12,15). The van der Waals surface area contributed by atoms with Gasteiger partial charge < -0.3 is 5.73 Å². The van der Waals surface area contributed by atoms with Crippen molar-refractivity contribution in [2.45, 2.75) is 17.0 Å². The van der Waals surface area contributed by atoms with E-state index in [9.17, 15) is 4.79 Å². The molecule has 1 aromatic heterocycles. The van der Waals surface area contributed by atoms with Gasteiger partial charge in [-0.2, -0.15) is 0 Å². The van der Waals surface area contributed by atoms with Crippen molar-refractivity contribution in [1.82, 2.24) is 14.8 Å². The predicted octanol–water partition coefficient (Wildman–Crippen LogP) is 1.15. The molecule has 5 nitrogen and oxygen atoms in total. The Morgan fingerprint density at radius 3 is 2.88 bits per heavy atom. The van der Waals surface area contributed by atoms with E-state index in [-0.39, 0.29) is 5.69 Å². The molecule has 3 N–H and O–H groups in total. The van der Waals surface area contributed by atoms with Crippen LogP contribution in [0, 0.1) is 6.92 Å². The molecule has 2 aromatic rings. The molecule has 0 aliphatic rings. The normalized spacial score (nSPS) is 10.6. The number of rotatable bonds is 2. The van der Waals surface area contributed by atoms with E-state index in [4.69, 9.17) is 5.73 Å². The summed E-state index contributed by atoms with van der Waals surface area (Å²) in [6, 6.07) is 5.77. The molecular formula is C10H12N4OS.